The van der Waals surface area contributed by atoms with Crippen molar-refractivity contribution in [1.82, 2.24) is 14.5 Å². The molecule has 26 heavy (non-hydrogen) atoms. The molecule has 3 heterocycles. The van der Waals surface area contributed by atoms with Crippen LogP contribution in [0.1, 0.15) is 20.8 Å². The number of ether oxygens (including phenoxy) is 1. The average Bonchev–Trinajstić information content (AvgIpc) is 3.08. The van der Waals surface area contributed by atoms with Crippen LogP contribution in [0.5, 0.6) is 0 Å². The number of sulfonamides is 1. The van der Waals surface area contributed by atoms with Crippen LogP contribution in [0.15, 0.2) is 28.6 Å². The lowest BCUT2D eigenvalue weighted by atomic mass is 10.3. The predicted molar refractivity (Wildman–Crippen MR) is 92.4 cm³/mol. The van der Waals surface area contributed by atoms with E-state index in [9.17, 15) is 18.0 Å². The molecule has 0 saturated carbocycles. The molecule has 1 aliphatic heterocycles. The van der Waals surface area contributed by atoms with Crippen molar-refractivity contribution in [2.45, 2.75) is 4.21 Å². The zero-order valence-corrected chi connectivity index (χ0v) is 15.0. The number of nitrogens with one attached hydrogen (secondary N) is 1. The fraction of sp³-hybridized carbons (Fsp3) is 0.286. The van der Waals surface area contributed by atoms with Gasteiger partial charge in [-0.25, -0.2) is 8.42 Å². The van der Waals surface area contributed by atoms with E-state index in [-0.39, 0.29) is 33.6 Å². The van der Waals surface area contributed by atoms with Crippen molar-refractivity contribution < 1.29 is 22.7 Å². The molecule has 12 heteroatoms. The number of primary amides is 1. The van der Waals surface area contributed by atoms with Crippen LogP contribution in [-0.4, -0.2) is 61.0 Å². The Kier molecular flexibility index (Phi) is 5.27. The predicted octanol–water partition coefficient (Wildman–Crippen LogP) is -0.0898. The Morgan fingerprint density at radius 2 is 2.04 bits per heavy atom. The van der Waals surface area contributed by atoms with Crippen molar-refractivity contribution in [2.24, 2.45) is 5.73 Å². The topological polar surface area (TPSA) is 145 Å². The Bertz CT molecular complexity index is 922. The third kappa shape index (κ3) is 3.72. The number of thiophene rings is 1. The number of hydrogen-bond acceptors (Lipinski definition) is 8. The highest BCUT2D eigenvalue weighted by molar-refractivity contribution is 7.91. The summed E-state index contributed by atoms with van der Waals surface area (Å²) in [6.45, 7) is 1.02. The van der Waals surface area contributed by atoms with E-state index in [4.69, 9.17) is 10.5 Å². The van der Waals surface area contributed by atoms with E-state index in [0.29, 0.717) is 13.2 Å². The molecule has 2 amide bonds. The number of rotatable bonds is 5. The number of hydrogen-bond donors (Lipinski definition) is 2. The number of nitrogens with zero attached hydrogens (tertiary/aromatic N) is 3. The molecule has 1 saturated heterocycles. The summed E-state index contributed by atoms with van der Waals surface area (Å²) in [6, 6.07) is 4.13. The van der Waals surface area contributed by atoms with Crippen molar-refractivity contribution in [3.05, 3.63) is 35.7 Å². The van der Waals surface area contributed by atoms with Gasteiger partial charge in [0.05, 0.1) is 18.8 Å². The number of anilines is 1. The molecule has 3 rings (SSSR count). The molecule has 10 nitrogen and oxygen atoms in total. The zero-order chi connectivity index (χ0) is 18.7. The van der Waals surface area contributed by atoms with E-state index in [1.54, 1.807) is 0 Å². The van der Waals surface area contributed by atoms with Gasteiger partial charge >= 0.3 is 0 Å². The molecule has 0 radical (unpaired) electrons. The second kappa shape index (κ2) is 7.45. The number of carbonyl (C=O) groups is 2. The summed E-state index contributed by atoms with van der Waals surface area (Å²) in [6.07, 6.45) is 1.41. The van der Waals surface area contributed by atoms with Crippen LogP contribution in [0.3, 0.4) is 0 Å². The third-order valence-electron chi connectivity index (χ3n) is 3.57. The quantitative estimate of drug-likeness (QED) is 0.717. The van der Waals surface area contributed by atoms with Gasteiger partial charge in [-0.15, -0.1) is 16.4 Å². The molecule has 2 aromatic heterocycles. The van der Waals surface area contributed by atoms with Gasteiger partial charge in [-0.05, 0) is 18.2 Å². The van der Waals surface area contributed by atoms with Gasteiger partial charge in [-0.2, -0.15) is 9.40 Å². The van der Waals surface area contributed by atoms with Gasteiger partial charge in [0.15, 0.2) is 5.69 Å². The van der Waals surface area contributed by atoms with Crippen molar-refractivity contribution in [3.63, 3.8) is 0 Å². The SMILES string of the molecule is NC(=O)c1cc(S(=O)(=O)N2CCOCC2)sc1NC(=O)c1cccnn1. The van der Waals surface area contributed by atoms with Crippen molar-refractivity contribution >= 4 is 38.2 Å². The Morgan fingerprint density at radius 1 is 1.31 bits per heavy atom. The van der Waals surface area contributed by atoms with E-state index in [2.05, 4.69) is 15.5 Å². The third-order valence-corrected chi connectivity index (χ3v) is 6.97. The molecule has 0 atom stereocenters. The maximum atomic E-state index is 12.7. The lowest BCUT2D eigenvalue weighted by Gasteiger charge is -2.25. The van der Waals surface area contributed by atoms with E-state index >= 15 is 0 Å². The zero-order valence-electron chi connectivity index (χ0n) is 13.4. The maximum absolute atomic E-state index is 12.7. The second-order valence-electron chi connectivity index (χ2n) is 5.25. The van der Waals surface area contributed by atoms with Crippen molar-refractivity contribution in [1.29, 1.82) is 0 Å². The molecule has 1 fully saturated rings. The number of amides is 2. The molecule has 0 bridgehead atoms. The van der Waals surface area contributed by atoms with E-state index in [0.717, 1.165) is 11.3 Å². The smallest absolute Gasteiger partial charge is 0.276 e. The van der Waals surface area contributed by atoms with Gasteiger partial charge < -0.3 is 15.8 Å². The van der Waals surface area contributed by atoms with Crippen molar-refractivity contribution in [2.75, 3.05) is 31.6 Å². The van der Waals surface area contributed by atoms with Crippen LogP contribution in [-0.2, 0) is 14.8 Å². The molecule has 138 valence electrons. The van der Waals surface area contributed by atoms with Gasteiger partial charge in [0.25, 0.3) is 21.8 Å². The van der Waals surface area contributed by atoms with Gasteiger partial charge in [0.2, 0.25) is 0 Å². The number of carbonyl (C=O) groups excluding carboxylic acids is 2. The van der Waals surface area contributed by atoms with Crippen molar-refractivity contribution in [3.8, 4) is 0 Å². The Hall–Kier alpha value is -2.41. The van der Waals surface area contributed by atoms with Crippen LogP contribution < -0.4 is 11.1 Å². The van der Waals surface area contributed by atoms with Crippen LogP contribution in [0.25, 0.3) is 0 Å². The van der Waals surface area contributed by atoms with Gasteiger partial charge in [-0.3, -0.25) is 9.59 Å². The molecular weight excluding hydrogens is 382 g/mol. The highest BCUT2D eigenvalue weighted by atomic mass is 32.2. The monoisotopic (exact) mass is 397 g/mol. The first-order valence-corrected chi connectivity index (χ1v) is 9.76. The first-order chi connectivity index (χ1) is 12.4. The molecule has 0 aliphatic carbocycles. The molecule has 2 aromatic rings. The molecule has 0 aromatic carbocycles. The van der Waals surface area contributed by atoms with E-state index in [1.165, 1.54) is 28.7 Å². The standard InChI is InChI=1S/C14H15N5O5S2/c15-12(20)9-8-11(26(22,23)19-4-6-24-7-5-19)25-14(9)17-13(21)10-2-1-3-16-18-10/h1-3,8H,4-7H2,(H2,15,20)(H,17,21). The Morgan fingerprint density at radius 3 is 2.65 bits per heavy atom. The summed E-state index contributed by atoms with van der Waals surface area (Å²) in [4.78, 5) is 23.9. The minimum atomic E-state index is -3.81. The van der Waals surface area contributed by atoms with Crippen LogP contribution in [0.4, 0.5) is 5.00 Å². The number of aromatic nitrogens is 2. The minimum Gasteiger partial charge on any atom is -0.379 e. The number of nitrogens with two attached hydrogens (primary N) is 1. The molecule has 0 spiro atoms. The first-order valence-electron chi connectivity index (χ1n) is 7.50. The summed E-state index contributed by atoms with van der Waals surface area (Å²) in [5.41, 5.74) is 5.26. The lowest BCUT2D eigenvalue weighted by Crippen LogP contribution is -2.40. The molecule has 1 aliphatic rings. The maximum Gasteiger partial charge on any atom is 0.276 e. The summed E-state index contributed by atoms with van der Waals surface area (Å²) in [7, 11) is -3.81. The highest BCUT2D eigenvalue weighted by Crippen LogP contribution is 2.33. The van der Waals surface area contributed by atoms with E-state index < -0.39 is 21.8 Å². The molecule has 0 unspecified atom stereocenters. The lowest BCUT2D eigenvalue weighted by molar-refractivity contribution is 0.0731. The average molecular weight is 397 g/mol. The van der Waals surface area contributed by atoms with Gasteiger partial charge in [0, 0.05) is 19.3 Å². The largest absolute Gasteiger partial charge is 0.379 e. The van der Waals surface area contributed by atoms with Gasteiger partial charge in [0.1, 0.15) is 9.21 Å². The molecule has 3 N–H and O–H groups in total. The normalized spacial score (nSPS) is 15.5. The summed E-state index contributed by atoms with van der Waals surface area (Å²) < 4.78 is 31.8. The summed E-state index contributed by atoms with van der Waals surface area (Å²) in [5, 5.41) is 9.78. The Labute approximate surface area is 153 Å². The van der Waals surface area contributed by atoms with Crippen LogP contribution >= 0.6 is 11.3 Å². The summed E-state index contributed by atoms with van der Waals surface area (Å²) >= 11 is 0.760. The number of morpholine rings is 1. The van der Waals surface area contributed by atoms with E-state index in [1.807, 2.05) is 0 Å². The van der Waals surface area contributed by atoms with Crippen LogP contribution in [0.2, 0.25) is 0 Å². The highest BCUT2D eigenvalue weighted by Gasteiger charge is 2.30. The fourth-order valence-corrected chi connectivity index (χ4v) is 5.21. The summed E-state index contributed by atoms with van der Waals surface area (Å²) in [5.74, 6) is -1.48. The minimum absolute atomic E-state index is 0.0221. The fourth-order valence-electron chi connectivity index (χ4n) is 2.28. The Balaban J connectivity index is 1.91. The van der Waals surface area contributed by atoms with Crippen LogP contribution in [0, 0.1) is 0 Å². The first kappa shape index (κ1) is 18.4. The second-order valence-corrected chi connectivity index (χ2v) is 8.47. The van der Waals surface area contributed by atoms with Gasteiger partial charge in [-0.1, -0.05) is 0 Å². The molecular formula is C14H15N5O5S2.